The number of hydrogen-bond donors (Lipinski definition) is 1. The lowest BCUT2D eigenvalue weighted by atomic mass is 10.1. The van der Waals surface area contributed by atoms with Gasteiger partial charge in [0.15, 0.2) is 0 Å². The number of unbranched alkanes of at least 4 members (excludes halogenated alkanes) is 1. The molecule has 0 saturated carbocycles. The van der Waals surface area contributed by atoms with Crippen LogP contribution in [0, 0.1) is 11.8 Å². The van der Waals surface area contributed by atoms with Gasteiger partial charge < -0.3 is 24.6 Å². The van der Waals surface area contributed by atoms with Crippen molar-refractivity contribution in [3.8, 4) is 11.8 Å². The van der Waals surface area contributed by atoms with Crippen LogP contribution in [0.15, 0.2) is 18.2 Å². The van der Waals surface area contributed by atoms with E-state index in [1.807, 2.05) is 0 Å². The molecule has 1 aromatic rings. The number of rotatable bonds is 7. The highest BCUT2D eigenvalue weighted by atomic mass is 16.6. The Morgan fingerprint density at radius 3 is 2.60 bits per heavy atom. The Kier molecular flexibility index (Phi) is 9.69. The van der Waals surface area contributed by atoms with Gasteiger partial charge in [-0.25, -0.2) is 4.79 Å². The molecule has 0 fully saturated rings. The van der Waals surface area contributed by atoms with Crippen molar-refractivity contribution in [2.75, 3.05) is 31.6 Å². The molecule has 9 heteroatoms. The van der Waals surface area contributed by atoms with Crippen LogP contribution < -0.4 is 10.2 Å². The Morgan fingerprint density at radius 2 is 1.94 bits per heavy atom. The average molecular weight is 486 g/mol. The van der Waals surface area contributed by atoms with Crippen LogP contribution in [0.4, 0.5) is 10.5 Å². The SMILES string of the molecule is CCOC(=O)CC(C)N1CC(=O)N(C)c2ccc(C#CCCCNC(=O)OC(C)(C)C)cc2C1=O. The first-order chi connectivity index (χ1) is 16.4. The molecule has 0 bridgehead atoms. The number of likely N-dealkylation sites (N-methyl/N-ethyl adjacent to an activating group) is 1. The number of nitrogens with zero attached hydrogens (tertiary/aromatic N) is 2. The highest BCUT2D eigenvalue weighted by molar-refractivity contribution is 6.09. The Labute approximate surface area is 207 Å². The quantitative estimate of drug-likeness (QED) is 0.362. The summed E-state index contributed by atoms with van der Waals surface area (Å²) in [5.74, 6) is 5.09. The predicted molar refractivity (Wildman–Crippen MR) is 132 cm³/mol. The predicted octanol–water partition coefficient (Wildman–Crippen LogP) is 3.10. The minimum Gasteiger partial charge on any atom is -0.466 e. The van der Waals surface area contributed by atoms with Gasteiger partial charge in [0, 0.05) is 31.6 Å². The number of fused-ring (bicyclic) bond motifs is 1. The van der Waals surface area contributed by atoms with E-state index in [0.717, 1.165) is 0 Å². The fourth-order valence-electron chi connectivity index (χ4n) is 3.46. The van der Waals surface area contributed by atoms with E-state index >= 15 is 0 Å². The fourth-order valence-corrected chi connectivity index (χ4v) is 3.46. The van der Waals surface area contributed by atoms with Crippen molar-refractivity contribution in [1.82, 2.24) is 10.2 Å². The Hall–Kier alpha value is -3.54. The molecule has 0 spiro atoms. The summed E-state index contributed by atoms with van der Waals surface area (Å²) in [6.07, 6.45) is 0.729. The number of amides is 3. The normalized spacial score (nSPS) is 14.3. The van der Waals surface area contributed by atoms with Gasteiger partial charge in [-0.2, -0.15) is 0 Å². The molecule has 0 aromatic heterocycles. The molecule has 0 saturated heterocycles. The lowest BCUT2D eigenvalue weighted by Crippen LogP contribution is -2.44. The largest absolute Gasteiger partial charge is 0.466 e. The molecule has 0 radical (unpaired) electrons. The van der Waals surface area contributed by atoms with E-state index in [4.69, 9.17) is 9.47 Å². The maximum absolute atomic E-state index is 13.3. The fraction of sp³-hybridized carbons (Fsp3) is 0.538. The summed E-state index contributed by atoms with van der Waals surface area (Å²) in [6, 6.07) is 4.64. The summed E-state index contributed by atoms with van der Waals surface area (Å²) in [7, 11) is 1.62. The van der Waals surface area contributed by atoms with Crippen LogP contribution in [0.5, 0.6) is 0 Å². The van der Waals surface area contributed by atoms with E-state index in [1.165, 1.54) is 9.80 Å². The molecule has 3 amide bonds. The molecule has 2 rings (SSSR count). The van der Waals surface area contributed by atoms with Crippen LogP contribution in [0.1, 0.15) is 69.8 Å². The van der Waals surface area contributed by atoms with Crippen LogP contribution >= 0.6 is 0 Å². The van der Waals surface area contributed by atoms with Gasteiger partial charge in [0.1, 0.15) is 12.1 Å². The number of anilines is 1. The number of carbonyl (C=O) groups is 4. The number of ether oxygens (including phenoxy) is 2. The monoisotopic (exact) mass is 485 g/mol. The summed E-state index contributed by atoms with van der Waals surface area (Å²) < 4.78 is 10.2. The summed E-state index contributed by atoms with van der Waals surface area (Å²) in [5, 5.41) is 2.69. The number of carbonyl (C=O) groups excluding carboxylic acids is 4. The van der Waals surface area contributed by atoms with E-state index in [0.29, 0.717) is 36.2 Å². The molecule has 1 aliphatic heterocycles. The molecule has 1 aromatic carbocycles. The first kappa shape index (κ1) is 27.7. The van der Waals surface area contributed by atoms with Crippen molar-refractivity contribution in [3.63, 3.8) is 0 Å². The van der Waals surface area contributed by atoms with Crippen LogP contribution in [0.25, 0.3) is 0 Å². The second-order valence-corrected chi connectivity index (χ2v) is 9.31. The Morgan fingerprint density at radius 1 is 1.23 bits per heavy atom. The van der Waals surface area contributed by atoms with Gasteiger partial charge in [-0.1, -0.05) is 11.8 Å². The van der Waals surface area contributed by atoms with Crippen LogP contribution in [0.2, 0.25) is 0 Å². The average Bonchev–Trinajstić information content (AvgIpc) is 2.85. The molecule has 1 aliphatic rings. The Bertz CT molecular complexity index is 1020. The molecule has 35 heavy (non-hydrogen) atoms. The van der Waals surface area contributed by atoms with Crippen molar-refractivity contribution in [2.45, 2.75) is 65.5 Å². The zero-order valence-electron chi connectivity index (χ0n) is 21.4. The summed E-state index contributed by atoms with van der Waals surface area (Å²) in [5.41, 5.74) is 0.945. The third-order valence-electron chi connectivity index (χ3n) is 5.21. The van der Waals surface area contributed by atoms with Crippen molar-refractivity contribution >= 4 is 29.6 Å². The van der Waals surface area contributed by atoms with Crippen molar-refractivity contribution < 1.29 is 28.7 Å². The third kappa shape index (κ3) is 8.32. The lowest BCUT2D eigenvalue weighted by Gasteiger charge is -2.26. The molecule has 1 N–H and O–H groups in total. The number of hydrogen-bond acceptors (Lipinski definition) is 6. The lowest BCUT2D eigenvalue weighted by molar-refractivity contribution is -0.144. The van der Waals surface area contributed by atoms with Gasteiger partial charge in [-0.3, -0.25) is 14.4 Å². The number of benzene rings is 1. The Balaban J connectivity index is 2.08. The molecule has 1 unspecified atom stereocenters. The van der Waals surface area contributed by atoms with Gasteiger partial charge >= 0.3 is 12.1 Å². The van der Waals surface area contributed by atoms with Gasteiger partial charge in [0.25, 0.3) is 5.91 Å². The third-order valence-corrected chi connectivity index (χ3v) is 5.21. The molecule has 1 heterocycles. The minimum absolute atomic E-state index is 0.00271. The molecule has 0 aliphatic carbocycles. The van der Waals surface area contributed by atoms with Crippen molar-refractivity contribution in [2.24, 2.45) is 0 Å². The van der Waals surface area contributed by atoms with E-state index in [1.54, 1.807) is 59.9 Å². The van der Waals surface area contributed by atoms with E-state index < -0.39 is 23.7 Å². The van der Waals surface area contributed by atoms with Gasteiger partial charge in [-0.15, -0.1) is 0 Å². The molecule has 1 atom stereocenters. The van der Waals surface area contributed by atoms with Crippen molar-refractivity contribution in [1.29, 1.82) is 0 Å². The highest BCUT2D eigenvalue weighted by Gasteiger charge is 2.33. The zero-order chi connectivity index (χ0) is 26.2. The second kappa shape index (κ2) is 12.2. The maximum atomic E-state index is 13.3. The first-order valence-electron chi connectivity index (χ1n) is 11.8. The molecular formula is C26H35N3O6. The van der Waals surface area contributed by atoms with Crippen LogP contribution in [-0.4, -0.2) is 67.2 Å². The molecule has 190 valence electrons. The summed E-state index contributed by atoms with van der Waals surface area (Å²) >= 11 is 0. The van der Waals surface area contributed by atoms with Crippen LogP contribution in [-0.2, 0) is 19.1 Å². The smallest absolute Gasteiger partial charge is 0.407 e. The zero-order valence-corrected chi connectivity index (χ0v) is 21.4. The van der Waals surface area contributed by atoms with Gasteiger partial charge in [-0.05, 0) is 59.2 Å². The van der Waals surface area contributed by atoms with E-state index in [-0.39, 0.29) is 31.4 Å². The van der Waals surface area contributed by atoms with E-state index in [2.05, 4.69) is 17.2 Å². The number of nitrogens with one attached hydrogen (secondary N) is 1. The number of alkyl carbamates (subject to hydrolysis) is 1. The van der Waals surface area contributed by atoms with Gasteiger partial charge in [0.2, 0.25) is 5.91 Å². The molecule has 9 nitrogen and oxygen atoms in total. The maximum Gasteiger partial charge on any atom is 0.407 e. The van der Waals surface area contributed by atoms with Gasteiger partial charge in [0.05, 0.1) is 24.3 Å². The second-order valence-electron chi connectivity index (χ2n) is 9.31. The highest BCUT2D eigenvalue weighted by Crippen LogP contribution is 2.27. The summed E-state index contributed by atoms with van der Waals surface area (Å²) in [4.78, 5) is 52.5. The molecular weight excluding hydrogens is 450 g/mol. The minimum atomic E-state index is -0.544. The van der Waals surface area contributed by atoms with Crippen LogP contribution in [0.3, 0.4) is 0 Å². The topological polar surface area (TPSA) is 105 Å². The van der Waals surface area contributed by atoms with E-state index in [9.17, 15) is 19.2 Å². The summed E-state index contributed by atoms with van der Waals surface area (Å²) in [6.45, 7) is 9.41. The first-order valence-corrected chi connectivity index (χ1v) is 11.8. The van der Waals surface area contributed by atoms with Crippen molar-refractivity contribution in [3.05, 3.63) is 29.3 Å². The number of esters is 1. The standard InChI is InChI=1S/C26H35N3O6/c1-7-34-23(31)15-18(2)29-17-22(30)28(6)21-13-12-19(16-20(21)24(29)32)11-9-8-10-14-27-25(33)35-26(3,4)5/h12-13,16,18H,7-8,10,14-15,17H2,1-6H3,(H,27,33).